The lowest BCUT2D eigenvalue weighted by molar-refractivity contribution is 0.618. The van der Waals surface area contributed by atoms with Gasteiger partial charge in [0.25, 0.3) is 5.56 Å². The molecule has 2 aromatic rings. The predicted octanol–water partition coefficient (Wildman–Crippen LogP) is 4.30. The van der Waals surface area contributed by atoms with Crippen LogP contribution in [0.15, 0.2) is 33.5 Å². The zero-order chi connectivity index (χ0) is 14.1. The molecule has 1 aromatic carbocycles. The van der Waals surface area contributed by atoms with Crippen LogP contribution in [0.25, 0.3) is 0 Å². The first-order valence-corrected chi connectivity index (χ1v) is 8.05. The highest BCUT2D eigenvalue weighted by atomic mass is 79.9. The quantitative estimate of drug-likeness (QED) is 0.876. The third-order valence-corrected chi connectivity index (χ3v) is 5.11. The Labute approximate surface area is 131 Å². The number of H-pyrrole nitrogens is 1. The maximum atomic E-state index is 12.3. The summed E-state index contributed by atoms with van der Waals surface area (Å²) < 4.78 is 2.32. The van der Waals surface area contributed by atoms with Gasteiger partial charge in [-0.15, -0.1) is 0 Å². The molecule has 0 unspecified atom stereocenters. The molecule has 20 heavy (non-hydrogen) atoms. The summed E-state index contributed by atoms with van der Waals surface area (Å²) in [6.07, 6.45) is 4.80. The van der Waals surface area contributed by atoms with E-state index in [-0.39, 0.29) is 5.56 Å². The van der Waals surface area contributed by atoms with Gasteiger partial charge in [0.15, 0.2) is 0 Å². The molecule has 1 aliphatic rings. The van der Waals surface area contributed by atoms with Crippen molar-refractivity contribution in [1.29, 1.82) is 0 Å². The molecule has 5 heteroatoms. The van der Waals surface area contributed by atoms with Crippen LogP contribution in [0.3, 0.4) is 0 Å². The number of rotatable bonds is 3. The number of hydrogen-bond acceptors (Lipinski definition) is 1. The van der Waals surface area contributed by atoms with E-state index in [1.165, 1.54) is 12.8 Å². The summed E-state index contributed by atoms with van der Waals surface area (Å²) in [5.41, 5.74) is 1.98. The molecule has 1 fully saturated rings. The first kappa shape index (κ1) is 14.0. The van der Waals surface area contributed by atoms with Crippen LogP contribution in [0.2, 0.25) is 5.02 Å². The van der Waals surface area contributed by atoms with E-state index >= 15 is 0 Å². The molecule has 0 saturated heterocycles. The number of nitrogens with one attached hydrogen (secondary N) is 1. The highest BCUT2D eigenvalue weighted by Crippen LogP contribution is 2.35. The summed E-state index contributed by atoms with van der Waals surface area (Å²) in [5, 5.41) is 3.95. The van der Waals surface area contributed by atoms with Crippen molar-refractivity contribution in [3.05, 3.63) is 55.4 Å². The fraction of sp³-hybridized carbons (Fsp3) is 0.400. The maximum absolute atomic E-state index is 12.3. The highest BCUT2D eigenvalue weighted by molar-refractivity contribution is 9.10. The van der Waals surface area contributed by atoms with Gasteiger partial charge in [-0.25, -0.2) is 4.68 Å². The summed E-state index contributed by atoms with van der Waals surface area (Å²) in [4.78, 5) is 12.3. The fourth-order valence-corrected chi connectivity index (χ4v) is 3.69. The Morgan fingerprint density at radius 3 is 2.70 bits per heavy atom. The molecule has 0 amide bonds. The van der Waals surface area contributed by atoms with Gasteiger partial charge in [-0.2, -0.15) is 0 Å². The van der Waals surface area contributed by atoms with E-state index in [2.05, 4.69) is 21.0 Å². The summed E-state index contributed by atoms with van der Waals surface area (Å²) >= 11 is 9.60. The first-order valence-electron chi connectivity index (χ1n) is 6.88. The van der Waals surface area contributed by atoms with Crippen molar-refractivity contribution in [3.63, 3.8) is 0 Å². The second kappa shape index (κ2) is 5.78. The maximum Gasteiger partial charge on any atom is 0.281 e. The predicted molar refractivity (Wildman–Crippen MR) is 84.5 cm³/mol. The third kappa shape index (κ3) is 2.59. The minimum absolute atomic E-state index is 0.00757. The number of hydrogen-bond donors (Lipinski definition) is 1. The van der Waals surface area contributed by atoms with Gasteiger partial charge in [-0.05, 0) is 40.4 Å². The van der Waals surface area contributed by atoms with Gasteiger partial charge in [0.2, 0.25) is 0 Å². The molecule has 3 rings (SSSR count). The SMILES string of the molecule is O=c1c(Br)c(C2CCCC2)[nH]n1Cc1ccccc1Cl. The first-order chi connectivity index (χ1) is 9.66. The van der Waals surface area contributed by atoms with Gasteiger partial charge in [0, 0.05) is 10.9 Å². The Hall–Kier alpha value is -1.00. The molecule has 3 nitrogen and oxygen atoms in total. The minimum atomic E-state index is -0.00757. The van der Waals surface area contributed by atoms with E-state index in [1.54, 1.807) is 4.68 Å². The summed E-state index contributed by atoms with van der Waals surface area (Å²) in [6, 6.07) is 7.61. The lowest BCUT2D eigenvalue weighted by Gasteiger charge is -2.07. The molecule has 0 atom stereocenters. The molecule has 1 heterocycles. The smallest absolute Gasteiger partial charge is 0.281 e. The summed E-state index contributed by atoms with van der Waals surface area (Å²) in [7, 11) is 0. The van der Waals surface area contributed by atoms with Crippen molar-refractivity contribution in [2.45, 2.75) is 38.1 Å². The Morgan fingerprint density at radius 2 is 2.00 bits per heavy atom. The van der Waals surface area contributed by atoms with E-state index in [0.717, 1.165) is 24.1 Å². The summed E-state index contributed by atoms with van der Waals surface area (Å²) in [5.74, 6) is 0.476. The monoisotopic (exact) mass is 354 g/mol. The molecular weight excluding hydrogens is 340 g/mol. The van der Waals surface area contributed by atoms with Crippen LogP contribution in [0, 0.1) is 0 Å². The molecule has 1 saturated carbocycles. The standard InChI is InChI=1S/C15H16BrClN2O/c16-13-14(10-5-1-2-6-10)18-19(15(13)20)9-11-7-3-4-8-12(11)17/h3-4,7-8,10,18H,1-2,5-6,9H2. The average Bonchev–Trinajstić information content (AvgIpc) is 3.05. The lowest BCUT2D eigenvalue weighted by atomic mass is 10.1. The van der Waals surface area contributed by atoms with Crippen LogP contribution in [-0.2, 0) is 6.54 Å². The minimum Gasteiger partial charge on any atom is -0.298 e. The van der Waals surface area contributed by atoms with Gasteiger partial charge < -0.3 is 0 Å². The van der Waals surface area contributed by atoms with E-state index < -0.39 is 0 Å². The number of aromatic nitrogens is 2. The van der Waals surface area contributed by atoms with Crippen LogP contribution >= 0.6 is 27.5 Å². The molecule has 106 valence electrons. The highest BCUT2D eigenvalue weighted by Gasteiger charge is 2.23. The van der Waals surface area contributed by atoms with Crippen molar-refractivity contribution in [2.75, 3.05) is 0 Å². The molecule has 1 aromatic heterocycles. The van der Waals surface area contributed by atoms with Gasteiger partial charge in [0.05, 0.1) is 12.2 Å². The number of benzene rings is 1. The van der Waals surface area contributed by atoms with Crippen molar-refractivity contribution in [1.82, 2.24) is 9.78 Å². The lowest BCUT2D eigenvalue weighted by Crippen LogP contribution is -2.17. The zero-order valence-electron chi connectivity index (χ0n) is 11.0. The van der Waals surface area contributed by atoms with Crippen molar-refractivity contribution >= 4 is 27.5 Å². The van der Waals surface area contributed by atoms with Gasteiger partial charge in [-0.1, -0.05) is 42.6 Å². The molecule has 1 N–H and O–H groups in total. The second-order valence-corrected chi connectivity index (χ2v) is 6.50. The number of halogens is 2. The topological polar surface area (TPSA) is 37.8 Å². The second-order valence-electron chi connectivity index (χ2n) is 5.30. The molecule has 0 bridgehead atoms. The largest absolute Gasteiger partial charge is 0.298 e. The molecule has 0 aliphatic heterocycles. The molecule has 0 radical (unpaired) electrons. The van der Waals surface area contributed by atoms with Crippen LogP contribution < -0.4 is 5.56 Å². The van der Waals surface area contributed by atoms with Crippen molar-refractivity contribution < 1.29 is 0 Å². The van der Waals surface area contributed by atoms with E-state index in [1.807, 2.05) is 24.3 Å². The average molecular weight is 356 g/mol. The Kier molecular flexibility index (Phi) is 4.03. The van der Waals surface area contributed by atoms with Crippen LogP contribution in [-0.4, -0.2) is 9.78 Å². The zero-order valence-corrected chi connectivity index (χ0v) is 13.4. The fourth-order valence-electron chi connectivity index (χ4n) is 2.87. The van der Waals surface area contributed by atoms with E-state index in [4.69, 9.17) is 11.6 Å². The number of aromatic amines is 1. The van der Waals surface area contributed by atoms with Gasteiger partial charge in [-0.3, -0.25) is 9.89 Å². The molecule has 0 spiro atoms. The van der Waals surface area contributed by atoms with Gasteiger partial charge >= 0.3 is 0 Å². The Morgan fingerprint density at radius 1 is 1.30 bits per heavy atom. The Balaban J connectivity index is 1.93. The van der Waals surface area contributed by atoms with Crippen LogP contribution in [0.4, 0.5) is 0 Å². The Bertz CT molecular complexity index is 671. The van der Waals surface area contributed by atoms with Gasteiger partial charge in [0.1, 0.15) is 4.47 Å². The van der Waals surface area contributed by atoms with E-state index in [0.29, 0.717) is 22.0 Å². The van der Waals surface area contributed by atoms with Crippen molar-refractivity contribution in [2.24, 2.45) is 0 Å². The summed E-state index contributed by atoms with van der Waals surface area (Å²) in [6.45, 7) is 0.476. The van der Waals surface area contributed by atoms with Crippen molar-refractivity contribution in [3.8, 4) is 0 Å². The van der Waals surface area contributed by atoms with Crippen LogP contribution in [0.1, 0.15) is 42.9 Å². The third-order valence-electron chi connectivity index (χ3n) is 3.97. The normalized spacial score (nSPS) is 15.9. The molecule has 1 aliphatic carbocycles. The van der Waals surface area contributed by atoms with Crippen LogP contribution in [0.5, 0.6) is 0 Å². The van der Waals surface area contributed by atoms with E-state index in [9.17, 15) is 4.79 Å². The number of nitrogens with zero attached hydrogens (tertiary/aromatic N) is 1. The molecular formula is C15H16BrClN2O.